The molecule has 0 saturated heterocycles. The molecule has 0 atom stereocenters. The van der Waals surface area contributed by atoms with Gasteiger partial charge in [0.2, 0.25) is 0 Å². The van der Waals surface area contributed by atoms with E-state index in [1.54, 1.807) is 0 Å². The van der Waals surface area contributed by atoms with E-state index in [4.69, 9.17) is 11.5 Å². The zero-order valence-electron chi connectivity index (χ0n) is 3.39. The molecule has 6 N–H and O–H groups in total. The molecule has 6 heavy (non-hydrogen) atoms. The first-order chi connectivity index (χ1) is 2.81. The summed E-state index contributed by atoms with van der Waals surface area (Å²) in [6.07, 6.45) is 0. The van der Waals surface area contributed by atoms with Crippen LogP contribution in [0.25, 0.3) is 0 Å². The predicted molar refractivity (Wildman–Crippen MR) is 24.9 cm³/mol. The van der Waals surface area contributed by atoms with Gasteiger partial charge in [-0.2, -0.15) is 5.10 Å². The molecular formula is C2H8N4. The van der Waals surface area contributed by atoms with E-state index < -0.39 is 0 Å². The van der Waals surface area contributed by atoms with Gasteiger partial charge in [-0.25, -0.2) is 0 Å². The standard InChI is InChI=1S/C2H8N4/c3-1-2(4)6-5/h1,3,5H2,(H2,4,6). The molecule has 0 aliphatic rings. The summed E-state index contributed by atoms with van der Waals surface area (Å²) in [6, 6.07) is 0. The lowest BCUT2D eigenvalue weighted by molar-refractivity contribution is 1.17. The van der Waals surface area contributed by atoms with Crippen molar-refractivity contribution in [3.05, 3.63) is 0 Å². The molecule has 4 nitrogen and oxygen atoms in total. The van der Waals surface area contributed by atoms with E-state index in [0.717, 1.165) is 0 Å². The van der Waals surface area contributed by atoms with Crippen LogP contribution >= 0.6 is 0 Å². The molecule has 0 aliphatic carbocycles. The highest BCUT2D eigenvalue weighted by atomic mass is 15.2. The van der Waals surface area contributed by atoms with Crippen molar-refractivity contribution < 1.29 is 0 Å². The summed E-state index contributed by atoms with van der Waals surface area (Å²) in [5.74, 6) is 4.94. The summed E-state index contributed by atoms with van der Waals surface area (Å²) < 4.78 is 0. The second kappa shape index (κ2) is 2.47. The van der Waals surface area contributed by atoms with Gasteiger partial charge in [0.1, 0.15) is 5.84 Å². The Morgan fingerprint density at radius 2 is 2.17 bits per heavy atom. The Kier molecular flexibility index (Phi) is 2.15. The minimum absolute atomic E-state index is 0.233. The van der Waals surface area contributed by atoms with Crippen LogP contribution in [0.3, 0.4) is 0 Å². The average molecular weight is 88.1 g/mol. The van der Waals surface area contributed by atoms with E-state index in [0.29, 0.717) is 0 Å². The molecule has 0 saturated carbocycles. The van der Waals surface area contributed by atoms with Crippen molar-refractivity contribution in [2.75, 3.05) is 6.54 Å². The van der Waals surface area contributed by atoms with E-state index in [9.17, 15) is 0 Å². The molecule has 0 aromatic rings. The minimum Gasteiger partial charge on any atom is -0.385 e. The van der Waals surface area contributed by atoms with Gasteiger partial charge in [0.25, 0.3) is 0 Å². The number of hydrogen-bond acceptors (Lipinski definition) is 3. The van der Waals surface area contributed by atoms with Crippen LogP contribution in [0.5, 0.6) is 0 Å². The van der Waals surface area contributed by atoms with Crippen LogP contribution in [0.1, 0.15) is 0 Å². The summed E-state index contributed by atoms with van der Waals surface area (Å²) >= 11 is 0. The van der Waals surface area contributed by atoms with E-state index in [-0.39, 0.29) is 12.4 Å². The first-order valence-electron chi connectivity index (χ1n) is 1.53. The fourth-order valence-corrected chi connectivity index (χ4v) is 0.0527. The third-order valence-corrected chi connectivity index (χ3v) is 0.375. The van der Waals surface area contributed by atoms with Gasteiger partial charge >= 0.3 is 0 Å². The second-order valence-electron chi connectivity index (χ2n) is 0.825. The van der Waals surface area contributed by atoms with Crippen LogP contribution in [0.15, 0.2) is 5.10 Å². The lowest BCUT2D eigenvalue weighted by Gasteiger charge is -1.85. The van der Waals surface area contributed by atoms with Crippen LogP contribution in [-0.4, -0.2) is 12.4 Å². The highest BCUT2D eigenvalue weighted by molar-refractivity contribution is 5.81. The Bertz CT molecular complexity index is 56.6. The molecule has 0 aromatic heterocycles. The predicted octanol–water partition coefficient (Wildman–Crippen LogP) is -1.82. The van der Waals surface area contributed by atoms with Crippen LogP contribution < -0.4 is 17.3 Å². The van der Waals surface area contributed by atoms with E-state index in [1.165, 1.54) is 0 Å². The highest BCUT2D eigenvalue weighted by Crippen LogP contribution is 1.47. The molecule has 0 aromatic carbocycles. The zero-order chi connectivity index (χ0) is 4.99. The maximum absolute atomic E-state index is 4.97. The molecule has 0 fully saturated rings. The van der Waals surface area contributed by atoms with Gasteiger partial charge in [-0.3, -0.25) is 0 Å². The van der Waals surface area contributed by atoms with Crippen molar-refractivity contribution in [2.24, 2.45) is 22.4 Å². The summed E-state index contributed by atoms with van der Waals surface area (Å²) in [4.78, 5) is 0. The van der Waals surface area contributed by atoms with Gasteiger partial charge in [0, 0.05) is 0 Å². The number of nitrogens with two attached hydrogens (primary N) is 3. The monoisotopic (exact) mass is 88.1 g/mol. The number of rotatable bonds is 1. The number of nitrogens with zero attached hydrogens (tertiary/aromatic N) is 1. The molecule has 36 valence electrons. The third kappa shape index (κ3) is 1.54. The van der Waals surface area contributed by atoms with Crippen molar-refractivity contribution in [2.45, 2.75) is 0 Å². The Morgan fingerprint density at radius 1 is 1.67 bits per heavy atom. The summed E-state index contributed by atoms with van der Waals surface area (Å²) in [7, 11) is 0. The van der Waals surface area contributed by atoms with Crippen LogP contribution in [-0.2, 0) is 0 Å². The Labute approximate surface area is 36.0 Å². The number of amidine groups is 1. The minimum atomic E-state index is 0.233. The van der Waals surface area contributed by atoms with Crippen LogP contribution in [0, 0.1) is 0 Å². The van der Waals surface area contributed by atoms with Gasteiger partial charge < -0.3 is 17.3 Å². The Morgan fingerprint density at radius 3 is 2.17 bits per heavy atom. The lowest BCUT2D eigenvalue weighted by atomic mass is 10.6. The van der Waals surface area contributed by atoms with Crippen molar-refractivity contribution in [3.8, 4) is 0 Å². The zero-order valence-corrected chi connectivity index (χ0v) is 3.39. The van der Waals surface area contributed by atoms with Gasteiger partial charge in [-0.05, 0) is 0 Å². The van der Waals surface area contributed by atoms with Gasteiger partial charge in [-0.15, -0.1) is 0 Å². The lowest BCUT2D eigenvalue weighted by Crippen LogP contribution is -2.24. The maximum atomic E-state index is 4.97. The first-order valence-corrected chi connectivity index (χ1v) is 1.53. The van der Waals surface area contributed by atoms with Crippen LogP contribution in [0.4, 0.5) is 0 Å². The molecule has 0 rings (SSSR count). The van der Waals surface area contributed by atoms with E-state index in [1.807, 2.05) is 0 Å². The summed E-state index contributed by atoms with van der Waals surface area (Å²) in [6.45, 7) is 0.233. The smallest absolute Gasteiger partial charge is 0.133 e. The molecule has 0 radical (unpaired) electrons. The Balaban J connectivity index is 3.22. The van der Waals surface area contributed by atoms with E-state index >= 15 is 0 Å². The number of hydrogen-bond donors (Lipinski definition) is 3. The fourth-order valence-electron chi connectivity index (χ4n) is 0.0527. The van der Waals surface area contributed by atoms with Gasteiger partial charge in [0.15, 0.2) is 0 Å². The molecular weight excluding hydrogens is 80.0 g/mol. The number of hydrazone groups is 1. The van der Waals surface area contributed by atoms with Gasteiger partial charge in [0.05, 0.1) is 6.54 Å². The molecule has 4 heteroatoms. The molecule has 0 amide bonds. The van der Waals surface area contributed by atoms with Crippen LogP contribution in [0.2, 0.25) is 0 Å². The normalized spacial score (nSPS) is 11.8. The quantitative estimate of drug-likeness (QED) is 0.152. The van der Waals surface area contributed by atoms with Crippen molar-refractivity contribution in [3.63, 3.8) is 0 Å². The largest absolute Gasteiger partial charge is 0.385 e. The topological polar surface area (TPSA) is 90.4 Å². The highest BCUT2D eigenvalue weighted by Gasteiger charge is 1.76. The third-order valence-electron chi connectivity index (χ3n) is 0.375. The molecule has 0 spiro atoms. The van der Waals surface area contributed by atoms with Gasteiger partial charge in [-0.1, -0.05) is 0 Å². The fraction of sp³-hybridized carbons (Fsp3) is 0.500. The van der Waals surface area contributed by atoms with E-state index in [2.05, 4.69) is 10.9 Å². The molecule has 0 heterocycles. The van der Waals surface area contributed by atoms with Crippen molar-refractivity contribution in [1.29, 1.82) is 0 Å². The Hall–Kier alpha value is -0.770. The van der Waals surface area contributed by atoms with Crippen molar-refractivity contribution in [1.82, 2.24) is 0 Å². The molecule has 0 unspecified atom stereocenters. The second-order valence-corrected chi connectivity index (χ2v) is 0.825. The summed E-state index contributed by atoms with van der Waals surface area (Å²) in [5.41, 5.74) is 9.92. The summed E-state index contributed by atoms with van der Waals surface area (Å²) in [5, 5.41) is 3.08. The van der Waals surface area contributed by atoms with Crippen molar-refractivity contribution >= 4 is 5.84 Å². The SMILES string of the molecule is NCC(N)=NN. The molecule has 0 bridgehead atoms. The first kappa shape index (κ1) is 5.23. The molecule has 0 aliphatic heterocycles. The maximum Gasteiger partial charge on any atom is 0.133 e. The average Bonchev–Trinajstić information content (AvgIpc) is 1.65.